The first-order chi connectivity index (χ1) is 10.4. The first-order valence-electron chi connectivity index (χ1n) is 7.65. The molecular formula is C11H14ClN5. The number of benzene rings is 1. The second-order valence-corrected chi connectivity index (χ2v) is 3.86. The molecule has 1 aliphatic rings. The van der Waals surface area contributed by atoms with Crippen LogP contribution in [0.3, 0.4) is 0 Å². The fourth-order valence-corrected chi connectivity index (χ4v) is 1.61. The predicted molar refractivity (Wildman–Crippen MR) is 71.3 cm³/mol. The highest BCUT2D eigenvalue weighted by Crippen LogP contribution is 2.28. The summed E-state index contributed by atoms with van der Waals surface area (Å²) in [5, 5.41) is 0.387. The minimum Gasteiger partial charge on any atom is -0.369 e. The maximum absolute atomic E-state index is 7.76. The molecular weight excluding hydrogens is 238 g/mol. The maximum atomic E-state index is 7.76. The number of nitrogens with zero attached hydrogens (tertiary/aromatic N) is 3. The Morgan fingerprint density at radius 2 is 1.94 bits per heavy atom. The molecule has 0 saturated carbocycles. The van der Waals surface area contributed by atoms with Crippen LogP contribution in [-0.2, 0) is 0 Å². The van der Waals surface area contributed by atoms with Gasteiger partial charge in [-0.3, -0.25) is 4.90 Å². The molecule has 5 nitrogen and oxygen atoms in total. The highest BCUT2D eigenvalue weighted by Gasteiger charge is 2.32. The molecule has 0 radical (unpaired) electrons. The highest BCUT2D eigenvalue weighted by molar-refractivity contribution is 6.30. The summed E-state index contributed by atoms with van der Waals surface area (Å²) < 4.78 is 46.6. The van der Waals surface area contributed by atoms with Crippen molar-refractivity contribution in [3.63, 3.8) is 0 Å². The van der Waals surface area contributed by atoms with Gasteiger partial charge in [0, 0.05) is 18.9 Å². The van der Waals surface area contributed by atoms with Crippen LogP contribution in [0.15, 0.2) is 34.3 Å². The summed E-state index contributed by atoms with van der Waals surface area (Å²) >= 11 is 5.81. The Bertz CT molecular complexity index is 649. The molecule has 6 heteroatoms. The van der Waals surface area contributed by atoms with Crippen LogP contribution in [0, 0.1) is 0 Å². The van der Waals surface area contributed by atoms with E-state index in [4.69, 9.17) is 31.3 Å². The summed E-state index contributed by atoms with van der Waals surface area (Å²) in [4.78, 5) is 8.23. The maximum Gasteiger partial charge on any atom is 0.220 e. The number of nitrogens with two attached hydrogens (primary N) is 2. The quantitative estimate of drug-likeness (QED) is 0.801. The van der Waals surface area contributed by atoms with Crippen molar-refractivity contribution in [3.05, 3.63) is 29.3 Å². The van der Waals surface area contributed by atoms with E-state index in [1.54, 1.807) is 0 Å². The number of hydrogen-bond acceptors (Lipinski definition) is 5. The lowest BCUT2D eigenvalue weighted by atomic mass is 10.1. The van der Waals surface area contributed by atoms with Crippen molar-refractivity contribution in [2.24, 2.45) is 21.5 Å². The summed E-state index contributed by atoms with van der Waals surface area (Å²) in [6.07, 6.45) is 0. The van der Waals surface area contributed by atoms with Crippen molar-refractivity contribution in [1.82, 2.24) is 0 Å². The standard InChI is InChI=1S/C11H14ClN5/c1-11(2)16-9(13)15-10(14)17(11)8-5-3-7(12)4-6-8/h3-6H,1-2H3,(H4,13,14,15,16)/i1D3,2D3. The molecule has 0 atom stereocenters. The van der Waals surface area contributed by atoms with E-state index >= 15 is 0 Å². The molecule has 0 unspecified atom stereocenters. The SMILES string of the molecule is [2H]C([2H])([2H])C1(C([2H])([2H])[2H])N=C(N)N=C(N)N1c1ccc(Cl)cc1. The molecule has 1 aromatic rings. The number of anilines is 1. The third-order valence-electron chi connectivity index (χ3n) is 2.14. The smallest absolute Gasteiger partial charge is 0.220 e. The summed E-state index contributed by atoms with van der Waals surface area (Å²) in [7, 11) is 0. The molecule has 0 saturated heterocycles. The minimum atomic E-state index is -3.07. The average Bonchev–Trinajstić information content (AvgIpc) is 2.36. The van der Waals surface area contributed by atoms with E-state index in [0.29, 0.717) is 5.02 Å². The van der Waals surface area contributed by atoms with Crippen molar-refractivity contribution in [2.75, 3.05) is 4.90 Å². The van der Waals surface area contributed by atoms with Crippen LogP contribution in [0.1, 0.15) is 21.9 Å². The third-order valence-corrected chi connectivity index (χ3v) is 2.39. The molecule has 17 heavy (non-hydrogen) atoms. The molecule has 4 N–H and O–H groups in total. The van der Waals surface area contributed by atoms with E-state index in [1.807, 2.05) is 0 Å². The van der Waals surface area contributed by atoms with Crippen LogP contribution in [0.2, 0.25) is 5.02 Å². The first kappa shape index (κ1) is 6.26. The van der Waals surface area contributed by atoms with Gasteiger partial charge in [-0.05, 0) is 38.0 Å². The molecule has 1 aliphatic heterocycles. The lowest BCUT2D eigenvalue weighted by Crippen LogP contribution is -2.54. The lowest BCUT2D eigenvalue weighted by molar-refractivity contribution is 0.534. The van der Waals surface area contributed by atoms with E-state index in [2.05, 4.69) is 9.98 Å². The van der Waals surface area contributed by atoms with Crippen LogP contribution in [0.5, 0.6) is 0 Å². The highest BCUT2D eigenvalue weighted by atomic mass is 35.5. The van der Waals surface area contributed by atoms with Gasteiger partial charge in [-0.15, -0.1) is 0 Å². The Kier molecular flexibility index (Phi) is 1.44. The number of halogens is 1. The molecule has 1 heterocycles. The van der Waals surface area contributed by atoms with Crippen molar-refractivity contribution >= 4 is 29.2 Å². The fraction of sp³-hybridized carbons (Fsp3) is 0.273. The van der Waals surface area contributed by atoms with Gasteiger partial charge in [0.1, 0.15) is 5.66 Å². The zero-order valence-electron chi connectivity index (χ0n) is 14.7. The topological polar surface area (TPSA) is 80.0 Å². The monoisotopic (exact) mass is 257 g/mol. The van der Waals surface area contributed by atoms with E-state index in [1.165, 1.54) is 24.3 Å². The van der Waals surface area contributed by atoms with Crippen molar-refractivity contribution in [3.8, 4) is 0 Å². The van der Waals surface area contributed by atoms with E-state index < -0.39 is 25.3 Å². The normalized spacial score (nSPS) is 25.4. The van der Waals surface area contributed by atoms with Crippen LogP contribution in [-0.4, -0.2) is 17.6 Å². The average molecular weight is 258 g/mol. The van der Waals surface area contributed by atoms with Gasteiger partial charge >= 0.3 is 0 Å². The molecule has 0 bridgehead atoms. The van der Waals surface area contributed by atoms with E-state index in [0.717, 1.165) is 4.90 Å². The third kappa shape index (κ3) is 2.19. The van der Waals surface area contributed by atoms with Gasteiger partial charge < -0.3 is 11.5 Å². The summed E-state index contributed by atoms with van der Waals surface area (Å²) in [6, 6.07) is 5.78. The first-order valence-corrected chi connectivity index (χ1v) is 5.03. The lowest BCUT2D eigenvalue weighted by Gasteiger charge is -2.38. The Labute approximate surface area is 113 Å². The van der Waals surface area contributed by atoms with Gasteiger partial charge in [-0.2, -0.15) is 4.99 Å². The van der Waals surface area contributed by atoms with Crippen LogP contribution in [0.4, 0.5) is 5.69 Å². The predicted octanol–water partition coefficient (Wildman–Crippen LogP) is 1.53. The molecule has 2 rings (SSSR count). The number of aliphatic imine (C=N–C) groups is 2. The molecule has 0 spiro atoms. The van der Waals surface area contributed by atoms with E-state index in [-0.39, 0.29) is 11.6 Å². The van der Waals surface area contributed by atoms with Gasteiger partial charge in [0.25, 0.3) is 0 Å². The second kappa shape index (κ2) is 3.92. The van der Waals surface area contributed by atoms with Crippen LogP contribution in [0.25, 0.3) is 0 Å². The molecule has 0 aliphatic carbocycles. The number of guanidine groups is 2. The van der Waals surface area contributed by atoms with E-state index in [9.17, 15) is 0 Å². The van der Waals surface area contributed by atoms with Crippen molar-refractivity contribution in [1.29, 1.82) is 0 Å². The van der Waals surface area contributed by atoms with Crippen LogP contribution >= 0.6 is 11.6 Å². The van der Waals surface area contributed by atoms with Gasteiger partial charge in [-0.25, -0.2) is 4.99 Å². The Morgan fingerprint density at radius 1 is 1.29 bits per heavy atom. The summed E-state index contributed by atoms with van der Waals surface area (Å²) in [5.41, 5.74) is 8.76. The van der Waals surface area contributed by atoms with Crippen molar-refractivity contribution in [2.45, 2.75) is 19.4 Å². The van der Waals surface area contributed by atoms with Crippen LogP contribution < -0.4 is 16.4 Å². The largest absolute Gasteiger partial charge is 0.369 e. The zero-order chi connectivity index (χ0) is 17.6. The molecule has 1 aromatic carbocycles. The molecule has 0 aromatic heterocycles. The molecule has 0 fully saturated rings. The summed E-state index contributed by atoms with van der Waals surface area (Å²) in [5.74, 6) is -0.896. The van der Waals surface area contributed by atoms with Gasteiger partial charge in [0.15, 0.2) is 0 Å². The Balaban J connectivity index is 2.78. The van der Waals surface area contributed by atoms with Gasteiger partial charge in [0.05, 0.1) is 0 Å². The Morgan fingerprint density at radius 3 is 2.53 bits per heavy atom. The zero-order valence-corrected chi connectivity index (χ0v) is 9.44. The summed E-state index contributed by atoms with van der Waals surface area (Å²) in [6.45, 7) is -6.13. The number of hydrogen-bond donors (Lipinski definition) is 2. The fourth-order valence-electron chi connectivity index (χ4n) is 1.48. The Hall–Kier alpha value is -1.75. The number of rotatable bonds is 1. The second-order valence-electron chi connectivity index (χ2n) is 3.42. The van der Waals surface area contributed by atoms with Gasteiger partial charge in [-0.1, -0.05) is 11.6 Å². The van der Waals surface area contributed by atoms with Crippen molar-refractivity contribution < 1.29 is 8.22 Å². The molecule has 90 valence electrons. The minimum absolute atomic E-state index is 0.166. The molecule has 0 amide bonds. The van der Waals surface area contributed by atoms with Gasteiger partial charge in [0.2, 0.25) is 11.9 Å².